The average Bonchev–Trinajstić information content (AvgIpc) is 3.18. The molecule has 3 aromatic rings. The number of para-hydroxylation sites is 1. The van der Waals surface area contributed by atoms with E-state index in [0.717, 1.165) is 10.9 Å². The van der Waals surface area contributed by atoms with Crippen LogP contribution < -0.4 is 10.6 Å². The van der Waals surface area contributed by atoms with Crippen molar-refractivity contribution in [3.8, 4) is 0 Å². The van der Waals surface area contributed by atoms with Gasteiger partial charge in [0.05, 0.1) is 24.9 Å². The molecular weight excluding hydrogens is 486 g/mol. The smallest absolute Gasteiger partial charge is 0.419 e. The maximum atomic E-state index is 13.4. The molecule has 9 nitrogen and oxygen atoms in total. The van der Waals surface area contributed by atoms with Crippen LogP contribution in [0.25, 0.3) is 23.1 Å². The number of carbonyl (C=O) groups is 4. The Hall–Kier alpha value is -4.40. The number of rotatable bonds is 8. The van der Waals surface area contributed by atoms with E-state index in [9.17, 15) is 19.2 Å². The van der Waals surface area contributed by atoms with Crippen molar-refractivity contribution in [2.45, 2.75) is 45.8 Å². The summed E-state index contributed by atoms with van der Waals surface area (Å²) < 4.78 is 12.1. The Bertz CT molecular complexity index is 1350. The maximum absolute atomic E-state index is 13.4. The molecule has 0 saturated heterocycles. The summed E-state index contributed by atoms with van der Waals surface area (Å²) in [7, 11) is 1.23. The Balaban J connectivity index is 2.14. The second-order valence-electron chi connectivity index (χ2n) is 9.70. The lowest BCUT2D eigenvalue weighted by Crippen LogP contribution is -2.46. The van der Waals surface area contributed by atoms with Crippen molar-refractivity contribution in [3.05, 3.63) is 71.4 Å². The molecule has 2 amide bonds. The van der Waals surface area contributed by atoms with E-state index >= 15 is 0 Å². The molecule has 2 N–H and O–H groups in total. The summed E-state index contributed by atoms with van der Waals surface area (Å²) in [4.78, 5) is 49.8. The Morgan fingerprint density at radius 2 is 1.63 bits per heavy atom. The Morgan fingerprint density at radius 3 is 2.26 bits per heavy atom. The van der Waals surface area contributed by atoms with Gasteiger partial charge in [-0.25, -0.2) is 14.2 Å². The van der Waals surface area contributed by atoms with Crippen molar-refractivity contribution < 1.29 is 28.7 Å². The summed E-state index contributed by atoms with van der Waals surface area (Å²) in [6, 6.07) is 15.8. The number of hydrogen-bond donors (Lipinski definition) is 2. The van der Waals surface area contributed by atoms with Crippen LogP contribution in [0.4, 0.5) is 4.79 Å². The standard InChI is InChI=1S/C29H33N3O6/c1-19(33)30-18-26(34)31-23(27(35)37-5)17-22-21-13-9-10-14-24(21)32(28(36)38-29(2,3)4)25(22)16-15-20-11-7-6-8-12-20/h6-16,23H,17-18H2,1-5H3,(H,30,33)(H,31,34)/b16-15+/t23-/m0/s1. The topological polar surface area (TPSA) is 116 Å². The minimum atomic E-state index is -1.07. The average molecular weight is 520 g/mol. The van der Waals surface area contributed by atoms with E-state index in [2.05, 4.69) is 10.6 Å². The van der Waals surface area contributed by atoms with Gasteiger partial charge in [-0.1, -0.05) is 54.6 Å². The van der Waals surface area contributed by atoms with Gasteiger partial charge in [0.15, 0.2) is 0 Å². The highest BCUT2D eigenvalue weighted by atomic mass is 16.6. The number of hydrogen-bond acceptors (Lipinski definition) is 6. The number of esters is 1. The van der Waals surface area contributed by atoms with Gasteiger partial charge in [0.2, 0.25) is 11.8 Å². The number of benzene rings is 2. The van der Waals surface area contributed by atoms with Crippen LogP contribution in [0.1, 0.15) is 44.5 Å². The first kappa shape index (κ1) is 28.2. The highest BCUT2D eigenvalue weighted by molar-refractivity contribution is 5.98. The van der Waals surface area contributed by atoms with Crippen molar-refractivity contribution in [3.63, 3.8) is 0 Å². The van der Waals surface area contributed by atoms with Crippen LogP contribution >= 0.6 is 0 Å². The fourth-order valence-corrected chi connectivity index (χ4v) is 3.95. The molecular formula is C29H33N3O6. The predicted molar refractivity (Wildman–Crippen MR) is 145 cm³/mol. The number of ether oxygens (including phenoxy) is 2. The number of methoxy groups -OCH3 is 1. The van der Waals surface area contributed by atoms with Crippen LogP contribution in [0.2, 0.25) is 0 Å². The van der Waals surface area contributed by atoms with Crippen LogP contribution in [0.5, 0.6) is 0 Å². The molecule has 200 valence electrons. The molecule has 0 aliphatic rings. The van der Waals surface area contributed by atoms with E-state index in [1.54, 1.807) is 32.9 Å². The summed E-state index contributed by atoms with van der Waals surface area (Å²) >= 11 is 0. The zero-order valence-corrected chi connectivity index (χ0v) is 22.2. The summed E-state index contributed by atoms with van der Waals surface area (Å²) in [6.45, 7) is 6.36. The fraction of sp³-hybridized carbons (Fsp3) is 0.310. The number of carbonyl (C=O) groups excluding carboxylic acids is 4. The molecule has 0 bridgehead atoms. The number of aromatic nitrogens is 1. The molecule has 0 aliphatic carbocycles. The summed E-state index contributed by atoms with van der Waals surface area (Å²) in [6.07, 6.45) is 3.11. The normalized spacial score (nSPS) is 12.2. The molecule has 1 atom stereocenters. The van der Waals surface area contributed by atoms with E-state index < -0.39 is 29.6 Å². The van der Waals surface area contributed by atoms with Gasteiger partial charge < -0.3 is 20.1 Å². The minimum absolute atomic E-state index is 0.0310. The maximum Gasteiger partial charge on any atom is 0.419 e. The van der Waals surface area contributed by atoms with E-state index in [1.807, 2.05) is 54.6 Å². The Kier molecular flexibility index (Phi) is 9.07. The van der Waals surface area contributed by atoms with Gasteiger partial charge in [-0.15, -0.1) is 0 Å². The molecule has 0 spiro atoms. The van der Waals surface area contributed by atoms with Crippen molar-refractivity contribution >= 4 is 46.9 Å². The quantitative estimate of drug-likeness (QED) is 0.436. The van der Waals surface area contributed by atoms with Crippen LogP contribution in [-0.2, 0) is 30.3 Å². The highest BCUT2D eigenvalue weighted by Crippen LogP contribution is 2.30. The van der Waals surface area contributed by atoms with Crippen molar-refractivity contribution in [1.29, 1.82) is 0 Å². The van der Waals surface area contributed by atoms with E-state index in [-0.39, 0.29) is 18.9 Å². The van der Waals surface area contributed by atoms with Crippen molar-refractivity contribution in [2.24, 2.45) is 0 Å². The Labute approximate surface area is 221 Å². The molecule has 2 aromatic carbocycles. The summed E-state index contributed by atoms with van der Waals surface area (Å²) in [5, 5.41) is 5.77. The van der Waals surface area contributed by atoms with Gasteiger partial charge in [-0.2, -0.15) is 0 Å². The van der Waals surface area contributed by atoms with E-state index in [1.165, 1.54) is 18.6 Å². The monoisotopic (exact) mass is 519 g/mol. The van der Waals surface area contributed by atoms with E-state index in [0.29, 0.717) is 16.8 Å². The third-order valence-corrected chi connectivity index (χ3v) is 5.56. The first-order chi connectivity index (χ1) is 18.0. The Morgan fingerprint density at radius 1 is 0.974 bits per heavy atom. The van der Waals surface area contributed by atoms with Gasteiger partial charge in [-0.05, 0) is 44.0 Å². The van der Waals surface area contributed by atoms with Crippen LogP contribution in [-0.4, -0.2) is 53.7 Å². The first-order valence-electron chi connectivity index (χ1n) is 12.2. The zero-order chi connectivity index (χ0) is 27.9. The largest absolute Gasteiger partial charge is 0.467 e. The molecule has 1 heterocycles. The number of amides is 2. The molecule has 0 unspecified atom stereocenters. The molecule has 38 heavy (non-hydrogen) atoms. The third kappa shape index (κ3) is 7.32. The molecule has 3 rings (SSSR count). The van der Waals surface area contributed by atoms with Gasteiger partial charge >= 0.3 is 12.1 Å². The second kappa shape index (κ2) is 12.2. The van der Waals surface area contributed by atoms with Crippen LogP contribution in [0, 0.1) is 0 Å². The molecule has 0 saturated carbocycles. The van der Waals surface area contributed by atoms with Crippen LogP contribution in [0.3, 0.4) is 0 Å². The first-order valence-corrected chi connectivity index (χ1v) is 12.2. The lowest BCUT2D eigenvalue weighted by Gasteiger charge is -2.21. The molecule has 9 heteroatoms. The lowest BCUT2D eigenvalue weighted by molar-refractivity contribution is -0.144. The fourth-order valence-electron chi connectivity index (χ4n) is 3.95. The van der Waals surface area contributed by atoms with Crippen molar-refractivity contribution in [1.82, 2.24) is 15.2 Å². The molecule has 0 aliphatic heterocycles. The predicted octanol–water partition coefficient (Wildman–Crippen LogP) is 3.93. The summed E-state index contributed by atoms with van der Waals surface area (Å²) in [5.74, 6) is -1.58. The number of nitrogens with zero attached hydrogens (tertiary/aromatic N) is 1. The summed E-state index contributed by atoms with van der Waals surface area (Å²) in [5.41, 5.74) is 1.92. The second-order valence-corrected chi connectivity index (χ2v) is 9.70. The lowest BCUT2D eigenvalue weighted by atomic mass is 10.0. The van der Waals surface area contributed by atoms with Gasteiger partial charge in [0.25, 0.3) is 0 Å². The SMILES string of the molecule is COC(=O)[C@H](Cc1c(/C=C/c2ccccc2)n(C(=O)OC(C)(C)C)c2ccccc12)NC(=O)CNC(C)=O. The number of fused-ring (bicyclic) bond motifs is 1. The zero-order valence-electron chi connectivity index (χ0n) is 22.2. The minimum Gasteiger partial charge on any atom is -0.467 e. The molecule has 0 fully saturated rings. The van der Waals surface area contributed by atoms with Gasteiger partial charge in [-0.3, -0.25) is 9.59 Å². The third-order valence-electron chi connectivity index (χ3n) is 5.56. The van der Waals surface area contributed by atoms with Crippen molar-refractivity contribution in [2.75, 3.05) is 13.7 Å². The number of nitrogens with one attached hydrogen (secondary N) is 2. The van der Waals surface area contributed by atoms with Gasteiger partial charge in [0, 0.05) is 18.7 Å². The van der Waals surface area contributed by atoms with Crippen LogP contribution in [0.15, 0.2) is 54.6 Å². The van der Waals surface area contributed by atoms with Gasteiger partial charge in [0.1, 0.15) is 11.6 Å². The van der Waals surface area contributed by atoms with E-state index in [4.69, 9.17) is 9.47 Å². The highest BCUT2D eigenvalue weighted by Gasteiger charge is 2.29. The molecule has 1 aromatic heterocycles. The molecule has 0 radical (unpaired) electrons.